The smallest absolute Gasteiger partial charge is 0.0682 e. The summed E-state index contributed by atoms with van der Waals surface area (Å²) in [6, 6.07) is 0. The summed E-state index contributed by atoms with van der Waals surface area (Å²) in [7, 11) is 1.99. The zero-order valence-electron chi connectivity index (χ0n) is 9.78. The molecule has 0 saturated carbocycles. The Kier molecular flexibility index (Phi) is 2.25. The molecule has 1 aromatic rings. The standard InChI is InChI=1S/C12H17N3/c1-12(2,3)11-9(8-14-15(11)4)10-6-5-7-13-10/h5-6,8H,7H2,1-4H3. The van der Waals surface area contributed by atoms with E-state index in [-0.39, 0.29) is 5.41 Å². The zero-order chi connectivity index (χ0) is 11.1. The molecular formula is C12H17N3. The number of aliphatic imine (C=N–C) groups is 1. The van der Waals surface area contributed by atoms with Gasteiger partial charge in [0.25, 0.3) is 0 Å². The first-order chi connectivity index (χ1) is 7.00. The Bertz CT molecular complexity index is 430. The van der Waals surface area contributed by atoms with Crippen molar-refractivity contribution in [2.75, 3.05) is 6.54 Å². The Hall–Kier alpha value is -1.38. The summed E-state index contributed by atoms with van der Waals surface area (Å²) >= 11 is 0. The number of allylic oxidation sites excluding steroid dienone is 1. The molecule has 1 aliphatic rings. The molecule has 0 saturated heterocycles. The van der Waals surface area contributed by atoms with Crippen molar-refractivity contribution < 1.29 is 0 Å². The van der Waals surface area contributed by atoms with Crippen LogP contribution in [0.3, 0.4) is 0 Å². The Morgan fingerprint density at radius 2 is 2.07 bits per heavy atom. The summed E-state index contributed by atoms with van der Waals surface area (Å²) in [5.41, 5.74) is 3.57. The molecule has 0 N–H and O–H groups in total. The highest BCUT2D eigenvalue weighted by atomic mass is 15.3. The summed E-state index contributed by atoms with van der Waals surface area (Å²) in [6.07, 6.45) is 6.07. The Morgan fingerprint density at radius 1 is 1.33 bits per heavy atom. The average molecular weight is 203 g/mol. The van der Waals surface area contributed by atoms with Gasteiger partial charge in [0.15, 0.2) is 0 Å². The van der Waals surface area contributed by atoms with E-state index in [4.69, 9.17) is 0 Å². The maximum atomic E-state index is 4.45. The van der Waals surface area contributed by atoms with Crippen LogP contribution < -0.4 is 0 Å². The van der Waals surface area contributed by atoms with E-state index >= 15 is 0 Å². The molecule has 15 heavy (non-hydrogen) atoms. The lowest BCUT2D eigenvalue weighted by Gasteiger charge is -2.20. The number of hydrogen-bond donors (Lipinski definition) is 0. The van der Waals surface area contributed by atoms with E-state index < -0.39 is 0 Å². The van der Waals surface area contributed by atoms with Crippen molar-refractivity contribution >= 4 is 5.71 Å². The van der Waals surface area contributed by atoms with Crippen LogP contribution in [0.2, 0.25) is 0 Å². The van der Waals surface area contributed by atoms with Gasteiger partial charge in [0.05, 0.1) is 24.1 Å². The predicted molar refractivity (Wildman–Crippen MR) is 62.5 cm³/mol. The lowest BCUT2D eigenvalue weighted by atomic mass is 9.88. The van der Waals surface area contributed by atoms with Crippen LogP contribution in [-0.2, 0) is 12.5 Å². The van der Waals surface area contributed by atoms with Gasteiger partial charge in [0.2, 0.25) is 0 Å². The van der Waals surface area contributed by atoms with Crippen molar-refractivity contribution in [3.8, 4) is 0 Å². The molecule has 2 heterocycles. The van der Waals surface area contributed by atoms with Gasteiger partial charge in [-0.15, -0.1) is 0 Å². The summed E-state index contributed by atoms with van der Waals surface area (Å²) in [5.74, 6) is 0. The molecule has 0 unspecified atom stereocenters. The first kappa shape index (κ1) is 10.1. The van der Waals surface area contributed by atoms with Crippen LogP contribution in [0.1, 0.15) is 32.0 Å². The lowest BCUT2D eigenvalue weighted by Crippen LogP contribution is -2.19. The number of nitrogens with zero attached hydrogens (tertiary/aromatic N) is 3. The molecule has 1 aliphatic heterocycles. The van der Waals surface area contributed by atoms with Crippen LogP contribution in [0.4, 0.5) is 0 Å². The third-order valence-electron chi connectivity index (χ3n) is 2.57. The maximum absolute atomic E-state index is 4.45. The second kappa shape index (κ2) is 3.33. The second-order valence-corrected chi connectivity index (χ2v) is 4.91. The molecule has 0 amide bonds. The van der Waals surface area contributed by atoms with E-state index in [0.29, 0.717) is 0 Å². The first-order valence-corrected chi connectivity index (χ1v) is 5.24. The van der Waals surface area contributed by atoms with E-state index in [0.717, 1.165) is 12.3 Å². The van der Waals surface area contributed by atoms with Crippen LogP contribution in [-0.4, -0.2) is 22.0 Å². The molecule has 0 bridgehead atoms. The van der Waals surface area contributed by atoms with E-state index in [1.165, 1.54) is 11.3 Å². The molecule has 0 radical (unpaired) electrons. The summed E-state index contributed by atoms with van der Waals surface area (Å²) in [4.78, 5) is 4.45. The normalized spacial score (nSPS) is 15.9. The minimum absolute atomic E-state index is 0.0968. The van der Waals surface area contributed by atoms with Gasteiger partial charge in [-0.25, -0.2) is 0 Å². The molecular weight excluding hydrogens is 186 g/mol. The SMILES string of the molecule is Cn1ncc(C2=NCC=C2)c1C(C)(C)C. The van der Waals surface area contributed by atoms with Crippen LogP contribution in [0, 0.1) is 0 Å². The van der Waals surface area contributed by atoms with Crippen molar-refractivity contribution in [2.45, 2.75) is 26.2 Å². The second-order valence-electron chi connectivity index (χ2n) is 4.91. The van der Waals surface area contributed by atoms with Crippen molar-refractivity contribution in [3.05, 3.63) is 29.6 Å². The summed E-state index contributed by atoms with van der Waals surface area (Å²) in [6.45, 7) is 7.40. The molecule has 3 nitrogen and oxygen atoms in total. The Labute approximate surface area is 90.5 Å². The van der Waals surface area contributed by atoms with Gasteiger partial charge in [0.1, 0.15) is 0 Å². The molecule has 3 heteroatoms. The Morgan fingerprint density at radius 3 is 2.60 bits per heavy atom. The van der Waals surface area contributed by atoms with Gasteiger partial charge in [-0.1, -0.05) is 26.8 Å². The average Bonchev–Trinajstić information content (AvgIpc) is 2.68. The molecule has 0 fully saturated rings. The van der Waals surface area contributed by atoms with Gasteiger partial charge in [0, 0.05) is 18.0 Å². The monoisotopic (exact) mass is 203 g/mol. The third kappa shape index (κ3) is 1.74. The molecule has 0 aliphatic carbocycles. The van der Waals surface area contributed by atoms with Crippen molar-refractivity contribution in [3.63, 3.8) is 0 Å². The lowest BCUT2D eigenvalue weighted by molar-refractivity contribution is 0.522. The van der Waals surface area contributed by atoms with E-state index in [1.54, 1.807) is 0 Å². The summed E-state index contributed by atoms with van der Waals surface area (Å²) < 4.78 is 1.95. The fraction of sp³-hybridized carbons (Fsp3) is 0.500. The highest BCUT2D eigenvalue weighted by molar-refractivity contribution is 6.10. The van der Waals surface area contributed by atoms with Crippen LogP contribution >= 0.6 is 0 Å². The minimum Gasteiger partial charge on any atom is -0.280 e. The molecule has 0 spiro atoms. The van der Waals surface area contributed by atoms with Gasteiger partial charge in [-0.2, -0.15) is 5.10 Å². The van der Waals surface area contributed by atoms with Crippen LogP contribution in [0.25, 0.3) is 0 Å². The number of rotatable bonds is 1. The number of aromatic nitrogens is 2. The van der Waals surface area contributed by atoms with E-state index in [1.807, 2.05) is 17.9 Å². The maximum Gasteiger partial charge on any atom is 0.0682 e. The van der Waals surface area contributed by atoms with Gasteiger partial charge < -0.3 is 0 Å². The zero-order valence-corrected chi connectivity index (χ0v) is 9.78. The quantitative estimate of drug-likeness (QED) is 0.687. The van der Waals surface area contributed by atoms with E-state index in [9.17, 15) is 0 Å². The Balaban J connectivity index is 2.54. The summed E-state index contributed by atoms with van der Waals surface area (Å²) in [5, 5.41) is 4.33. The van der Waals surface area contributed by atoms with Crippen molar-refractivity contribution in [1.82, 2.24) is 9.78 Å². The van der Waals surface area contributed by atoms with Crippen molar-refractivity contribution in [1.29, 1.82) is 0 Å². The fourth-order valence-corrected chi connectivity index (χ4v) is 2.06. The molecule has 1 aromatic heterocycles. The largest absolute Gasteiger partial charge is 0.280 e. The molecule has 0 aromatic carbocycles. The highest BCUT2D eigenvalue weighted by Gasteiger charge is 2.24. The number of hydrogen-bond acceptors (Lipinski definition) is 2. The molecule has 2 rings (SSSR count). The highest BCUT2D eigenvalue weighted by Crippen LogP contribution is 2.26. The molecule has 80 valence electrons. The van der Waals surface area contributed by atoms with Gasteiger partial charge in [-0.05, 0) is 6.08 Å². The van der Waals surface area contributed by atoms with Crippen LogP contribution in [0.5, 0.6) is 0 Å². The van der Waals surface area contributed by atoms with Crippen LogP contribution in [0.15, 0.2) is 23.3 Å². The van der Waals surface area contributed by atoms with Gasteiger partial charge in [-0.3, -0.25) is 9.67 Å². The first-order valence-electron chi connectivity index (χ1n) is 5.24. The minimum atomic E-state index is 0.0968. The van der Waals surface area contributed by atoms with Gasteiger partial charge >= 0.3 is 0 Å². The third-order valence-corrected chi connectivity index (χ3v) is 2.57. The number of aryl methyl sites for hydroxylation is 1. The topological polar surface area (TPSA) is 30.2 Å². The molecule has 0 atom stereocenters. The fourth-order valence-electron chi connectivity index (χ4n) is 2.06. The predicted octanol–water partition coefficient (Wildman–Crippen LogP) is 2.08. The van der Waals surface area contributed by atoms with E-state index in [2.05, 4.69) is 43.0 Å². The van der Waals surface area contributed by atoms with Crippen molar-refractivity contribution in [2.24, 2.45) is 12.0 Å².